The van der Waals surface area contributed by atoms with Crippen molar-refractivity contribution in [3.05, 3.63) is 0 Å². The van der Waals surface area contributed by atoms with E-state index in [0.717, 1.165) is 25.7 Å². The van der Waals surface area contributed by atoms with Crippen LogP contribution in [0.5, 0.6) is 0 Å². The van der Waals surface area contributed by atoms with Gasteiger partial charge in [0.25, 0.3) is 0 Å². The van der Waals surface area contributed by atoms with E-state index in [4.69, 9.17) is 10.5 Å². The number of likely N-dealkylation sites (tertiary alicyclic amines) is 2. The van der Waals surface area contributed by atoms with E-state index in [1.807, 2.05) is 20.8 Å². The lowest BCUT2D eigenvalue weighted by molar-refractivity contribution is -0.142. The molecule has 10 heteroatoms. The summed E-state index contributed by atoms with van der Waals surface area (Å²) in [6.45, 7) is 7.91. The number of hydrogen-bond donors (Lipinski definition) is 2. The van der Waals surface area contributed by atoms with Gasteiger partial charge in [-0.15, -0.1) is 0 Å². The maximum Gasteiger partial charge on any atom is 0.410 e. The molecule has 2 heterocycles. The number of nitrogens with two attached hydrogens (primary N) is 1. The van der Waals surface area contributed by atoms with Gasteiger partial charge in [-0.2, -0.15) is 0 Å². The summed E-state index contributed by atoms with van der Waals surface area (Å²) in [5.41, 5.74) is 5.16. The third kappa shape index (κ3) is 8.83. The maximum absolute atomic E-state index is 12.8. The summed E-state index contributed by atoms with van der Waals surface area (Å²) < 4.78 is 9.99. The zero-order valence-corrected chi connectivity index (χ0v) is 20.4. The van der Waals surface area contributed by atoms with Crippen LogP contribution in [0.25, 0.3) is 0 Å². The quantitative estimate of drug-likeness (QED) is 0.538. The minimum Gasteiger partial charge on any atom is -0.468 e. The highest BCUT2D eigenvalue weighted by atomic mass is 16.6. The number of methoxy groups -OCH3 is 1. The van der Waals surface area contributed by atoms with E-state index < -0.39 is 17.6 Å². The van der Waals surface area contributed by atoms with Crippen LogP contribution in [0, 0.1) is 11.8 Å². The summed E-state index contributed by atoms with van der Waals surface area (Å²) in [7, 11) is 1.25. The molecule has 10 nitrogen and oxygen atoms in total. The van der Waals surface area contributed by atoms with Crippen LogP contribution in [0.2, 0.25) is 0 Å². The molecule has 2 atom stereocenters. The summed E-state index contributed by atoms with van der Waals surface area (Å²) >= 11 is 0. The molecular formula is C23H40N4O6. The standard InChI is InChI=1S/C23H40N4O6/c1-23(2,3)33-22(31)26-12-9-16(10-13-26)7-8-19(28)27-11-5-6-17(15-27)20(29)25-14-18(24)21(30)32-4/h16-18H,5-15,24H2,1-4H3,(H,25,29)/t17-,18+/m1/s1. The number of carbonyl (C=O) groups is 4. The van der Waals surface area contributed by atoms with Crippen LogP contribution in [0.4, 0.5) is 4.79 Å². The Labute approximate surface area is 196 Å². The highest BCUT2D eigenvalue weighted by Gasteiger charge is 2.30. The fraction of sp³-hybridized carbons (Fsp3) is 0.826. The molecule has 2 saturated heterocycles. The first-order valence-corrected chi connectivity index (χ1v) is 11.9. The molecule has 0 aliphatic carbocycles. The lowest BCUT2D eigenvalue weighted by Gasteiger charge is -2.34. The Bertz CT molecular complexity index is 700. The third-order valence-electron chi connectivity index (χ3n) is 6.18. The van der Waals surface area contributed by atoms with Crippen LogP contribution < -0.4 is 11.1 Å². The molecule has 2 aliphatic heterocycles. The van der Waals surface area contributed by atoms with Crippen LogP contribution in [0.3, 0.4) is 0 Å². The molecule has 3 amide bonds. The highest BCUT2D eigenvalue weighted by molar-refractivity contribution is 5.82. The lowest BCUT2D eigenvalue weighted by atomic mass is 9.91. The topological polar surface area (TPSA) is 131 Å². The van der Waals surface area contributed by atoms with Gasteiger partial charge in [-0.3, -0.25) is 14.4 Å². The minimum atomic E-state index is -0.901. The fourth-order valence-electron chi connectivity index (χ4n) is 4.22. The van der Waals surface area contributed by atoms with Gasteiger partial charge in [0.15, 0.2) is 0 Å². The van der Waals surface area contributed by atoms with Crippen LogP contribution >= 0.6 is 0 Å². The zero-order chi connectivity index (χ0) is 24.6. The molecule has 0 aromatic rings. The normalized spacial score (nSPS) is 20.7. The Morgan fingerprint density at radius 3 is 2.33 bits per heavy atom. The number of nitrogens with zero attached hydrogens (tertiary/aromatic N) is 2. The van der Waals surface area contributed by atoms with Crippen molar-refractivity contribution in [2.24, 2.45) is 17.6 Å². The molecule has 0 aromatic heterocycles. The van der Waals surface area contributed by atoms with Gasteiger partial charge < -0.3 is 30.3 Å². The van der Waals surface area contributed by atoms with E-state index in [1.165, 1.54) is 7.11 Å². The maximum atomic E-state index is 12.8. The van der Waals surface area contributed by atoms with Crippen LogP contribution in [0.15, 0.2) is 0 Å². The number of carbonyl (C=O) groups excluding carboxylic acids is 4. The summed E-state index contributed by atoms with van der Waals surface area (Å²) in [6, 6.07) is -0.901. The second-order valence-corrected chi connectivity index (χ2v) is 10.0. The molecule has 0 spiro atoms. The molecular weight excluding hydrogens is 428 g/mol. The van der Waals surface area contributed by atoms with Gasteiger partial charge in [-0.05, 0) is 58.8 Å². The number of ether oxygens (including phenoxy) is 2. The summed E-state index contributed by atoms with van der Waals surface area (Å²) in [4.78, 5) is 52.3. The van der Waals surface area contributed by atoms with Crippen molar-refractivity contribution in [3.63, 3.8) is 0 Å². The summed E-state index contributed by atoms with van der Waals surface area (Å²) in [6.07, 6.45) is 4.13. The van der Waals surface area contributed by atoms with Gasteiger partial charge in [0.2, 0.25) is 11.8 Å². The monoisotopic (exact) mass is 468 g/mol. The lowest BCUT2D eigenvalue weighted by Crippen LogP contribution is -2.49. The third-order valence-corrected chi connectivity index (χ3v) is 6.18. The first-order chi connectivity index (χ1) is 15.5. The highest BCUT2D eigenvalue weighted by Crippen LogP contribution is 2.25. The second-order valence-electron chi connectivity index (χ2n) is 10.0. The Kier molecular flexibility index (Phi) is 9.94. The van der Waals surface area contributed by atoms with E-state index in [2.05, 4.69) is 10.1 Å². The van der Waals surface area contributed by atoms with Crippen molar-refractivity contribution in [2.45, 2.75) is 70.9 Å². The SMILES string of the molecule is COC(=O)[C@@H](N)CNC(=O)[C@@H]1CCCN(C(=O)CCC2CCN(C(=O)OC(C)(C)C)CC2)C1. The number of piperidine rings is 2. The summed E-state index contributed by atoms with van der Waals surface area (Å²) in [5.74, 6) is -0.608. The molecule has 33 heavy (non-hydrogen) atoms. The molecule has 3 N–H and O–H groups in total. The average Bonchev–Trinajstić information content (AvgIpc) is 2.79. The van der Waals surface area contributed by atoms with Crippen molar-refractivity contribution in [1.29, 1.82) is 0 Å². The molecule has 0 unspecified atom stereocenters. The van der Waals surface area contributed by atoms with Crippen LogP contribution in [-0.2, 0) is 23.9 Å². The Balaban J connectivity index is 1.71. The van der Waals surface area contributed by atoms with Gasteiger partial charge >= 0.3 is 12.1 Å². The Hall–Kier alpha value is -2.36. The molecule has 0 bridgehead atoms. The van der Waals surface area contributed by atoms with Crippen molar-refractivity contribution in [1.82, 2.24) is 15.1 Å². The molecule has 0 saturated carbocycles. The molecule has 188 valence electrons. The van der Waals surface area contributed by atoms with Crippen molar-refractivity contribution in [3.8, 4) is 0 Å². The van der Waals surface area contributed by atoms with Crippen molar-refractivity contribution in [2.75, 3.05) is 39.8 Å². The first kappa shape index (κ1) is 26.9. The number of hydrogen-bond acceptors (Lipinski definition) is 7. The van der Waals surface area contributed by atoms with Crippen LogP contribution in [-0.4, -0.2) is 85.2 Å². The Morgan fingerprint density at radius 2 is 1.73 bits per heavy atom. The summed E-state index contributed by atoms with van der Waals surface area (Å²) in [5, 5.41) is 2.69. The van der Waals surface area contributed by atoms with Gasteiger partial charge in [0.05, 0.1) is 13.0 Å². The predicted molar refractivity (Wildman–Crippen MR) is 122 cm³/mol. The van der Waals surface area contributed by atoms with Gasteiger partial charge in [-0.1, -0.05) is 0 Å². The molecule has 0 aromatic carbocycles. The number of esters is 1. The van der Waals surface area contributed by atoms with Crippen LogP contribution in [0.1, 0.15) is 59.3 Å². The van der Waals surface area contributed by atoms with Gasteiger partial charge in [0.1, 0.15) is 11.6 Å². The van der Waals surface area contributed by atoms with Crippen molar-refractivity contribution < 1.29 is 28.7 Å². The average molecular weight is 469 g/mol. The van der Waals surface area contributed by atoms with E-state index in [1.54, 1.807) is 9.80 Å². The van der Waals surface area contributed by atoms with Crippen molar-refractivity contribution >= 4 is 23.9 Å². The first-order valence-electron chi connectivity index (χ1n) is 11.9. The number of rotatable bonds is 7. The smallest absolute Gasteiger partial charge is 0.410 e. The predicted octanol–water partition coefficient (Wildman–Crippen LogP) is 1.27. The van der Waals surface area contributed by atoms with Gasteiger partial charge in [0, 0.05) is 39.1 Å². The fourth-order valence-corrected chi connectivity index (χ4v) is 4.22. The molecule has 2 aliphatic rings. The van der Waals surface area contributed by atoms with E-state index in [-0.39, 0.29) is 30.4 Å². The van der Waals surface area contributed by atoms with E-state index in [0.29, 0.717) is 44.9 Å². The number of amides is 3. The second kappa shape index (κ2) is 12.2. The molecule has 0 radical (unpaired) electrons. The van der Waals surface area contributed by atoms with Gasteiger partial charge in [-0.25, -0.2) is 4.79 Å². The minimum absolute atomic E-state index is 0.0119. The van der Waals surface area contributed by atoms with E-state index in [9.17, 15) is 19.2 Å². The Morgan fingerprint density at radius 1 is 1.06 bits per heavy atom. The molecule has 2 fully saturated rings. The zero-order valence-electron chi connectivity index (χ0n) is 20.4. The van der Waals surface area contributed by atoms with E-state index >= 15 is 0 Å². The largest absolute Gasteiger partial charge is 0.468 e. The number of nitrogens with one attached hydrogen (secondary N) is 1. The molecule has 2 rings (SSSR count).